The van der Waals surface area contributed by atoms with Gasteiger partial charge < -0.3 is 14.5 Å². The van der Waals surface area contributed by atoms with Crippen LogP contribution < -0.4 is 15.3 Å². The van der Waals surface area contributed by atoms with E-state index < -0.39 is 73.0 Å². The highest BCUT2D eigenvalue weighted by Gasteiger charge is 2.65. The van der Waals surface area contributed by atoms with Gasteiger partial charge in [0.1, 0.15) is 6.10 Å². The molecule has 194 valence electrons. The second kappa shape index (κ2) is 8.49. The quantitative estimate of drug-likeness (QED) is 0.494. The van der Waals surface area contributed by atoms with Gasteiger partial charge in [0.25, 0.3) is 10.0 Å². The summed E-state index contributed by atoms with van der Waals surface area (Å²) in [5, 5.41) is 4.03. The molecule has 0 amide bonds. The van der Waals surface area contributed by atoms with Crippen LogP contribution >= 0.6 is 0 Å². The van der Waals surface area contributed by atoms with Crippen molar-refractivity contribution in [2.45, 2.75) is 42.7 Å². The molecular formula is C22H20F5N3O5S. The molecule has 3 N–H and O–H groups in total. The van der Waals surface area contributed by atoms with E-state index in [9.17, 15) is 35.2 Å². The van der Waals surface area contributed by atoms with Gasteiger partial charge in [-0.05, 0) is 19.1 Å². The Balaban J connectivity index is 1.99. The second-order valence-corrected chi connectivity index (χ2v) is 10.1. The number of nitrogens with zero attached hydrogens (tertiary/aromatic N) is 1. The van der Waals surface area contributed by atoms with Gasteiger partial charge in [0.05, 0.1) is 18.0 Å². The predicted octanol–water partition coefficient (Wildman–Crippen LogP) is 3.67. The topological polar surface area (TPSA) is 124 Å². The first-order valence-electron chi connectivity index (χ1n) is 10.4. The van der Waals surface area contributed by atoms with Gasteiger partial charge in [-0.15, -0.1) is 0 Å². The molecule has 14 heteroatoms. The average Bonchev–Trinajstić information content (AvgIpc) is 3.06. The Hall–Kier alpha value is -3.10. The molecule has 3 heterocycles. The first kappa shape index (κ1) is 26.0. The number of methoxy groups -OCH3 is 1. The lowest BCUT2D eigenvalue weighted by atomic mass is 9.76. The smallest absolute Gasteiger partial charge is 0.417 e. The van der Waals surface area contributed by atoms with Crippen LogP contribution in [-0.2, 0) is 14.8 Å². The molecule has 0 aliphatic carbocycles. The lowest BCUT2D eigenvalue weighted by Crippen LogP contribution is -2.46. The van der Waals surface area contributed by atoms with Crippen LogP contribution in [0.5, 0.6) is 5.75 Å². The maximum Gasteiger partial charge on any atom is 0.417 e. The molecule has 0 unspecified atom stereocenters. The summed E-state index contributed by atoms with van der Waals surface area (Å²) in [7, 11) is -3.37. The molecule has 1 aromatic carbocycles. The van der Waals surface area contributed by atoms with E-state index in [0.717, 1.165) is 38.4 Å². The number of benzene rings is 1. The maximum atomic E-state index is 14.5. The van der Waals surface area contributed by atoms with Gasteiger partial charge in [-0.25, -0.2) is 22.9 Å². The number of aromatic amines is 1. The first-order chi connectivity index (χ1) is 16.6. The summed E-state index contributed by atoms with van der Waals surface area (Å²) in [6.45, 7) is 2.06. The number of hydrogen-bond acceptors (Lipinski definition) is 6. The molecule has 1 saturated heterocycles. The first-order valence-corrected chi connectivity index (χ1v) is 12.0. The number of hydrogen-bond donors (Lipinski definition) is 2. The van der Waals surface area contributed by atoms with Gasteiger partial charge in [0.15, 0.2) is 27.6 Å². The Labute approximate surface area is 201 Å². The number of pyridine rings is 2. The highest BCUT2D eigenvalue weighted by molar-refractivity contribution is 7.89. The molecule has 0 radical (unpaired) electrons. The van der Waals surface area contributed by atoms with E-state index in [1.165, 1.54) is 13.0 Å². The van der Waals surface area contributed by atoms with Gasteiger partial charge in [-0.1, -0.05) is 13.0 Å². The van der Waals surface area contributed by atoms with Crippen molar-refractivity contribution in [3.05, 3.63) is 63.6 Å². The zero-order chi connectivity index (χ0) is 26.8. The van der Waals surface area contributed by atoms with Gasteiger partial charge in [-0.2, -0.15) is 17.6 Å². The summed E-state index contributed by atoms with van der Waals surface area (Å²) < 4.78 is 105. The van der Waals surface area contributed by atoms with Crippen LogP contribution in [0, 0.1) is 17.6 Å². The number of ether oxygens (including phenoxy) is 2. The van der Waals surface area contributed by atoms with Crippen LogP contribution in [-0.4, -0.2) is 37.3 Å². The van der Waals surface area contributed by atoms with Crippen molar-refractivity contribution in [2.24, 2.45) is 11.1 Å². The number of sulfonamides is 1. The number of primary sulfonamides is 1. The fraction of sp³-hybridized carbons (Fsp3) is 0.364. The minimum Gasteiger partial charge on any atom is -0.493 e. The number of halogens is 5. The number of nitrogens with two attached hydrogens (primary N) is 1. The van der Waals surface area contributed by atoms with Crippen molar-refractivity contribution in [2.75, 3.05) is 7.11 Å². The summed E-state index contributed by atoms with van der Waals surface area (Å²) >= 11 is 0. The molecule has 36 heavy (non-hydrogen) atoms. The van der Waals surface area contributed by atoms with Crippen molar-refractivity contribution in [1.29, 1.82) is 0 Å². The van der Waals surface area contributed by atoms with E-state index in [-0.39, 0.29) is 16.8 Å². The third-order valence-electron chi connectivity index (χ3n) is 6.62. The summed E-state index contributed by atoms with van der Waals surface area (Å²) in [6.07, 6.45) is -5.35. The molecule has 4 rings (SSSR count). The molecule has 4 atom stereocenters. The van der Waals surface area contributed by atoms with Gasteiger partial charge in [-0.3, -0.25) is 4.79 Å². The molecular weight excluding hydrogens is 513 g/mol. The lowest BCUT2D eigenvalue weighted by Gasteiger charge is -2.32. The van der Waals surface area contributed by atoms with Gasteiger partial charge >= 0.3 is 6.18 Å². The van der Waals surface area contributed by atoms with Crippen LogP contribution in [0.25, 0.3) is 10.9 Å². The molecule has 1 aliphatic heterocycles. The Kier molecular flexibility index (Phi) is 6.13. The van der Waals surface area contributed by atoms with Crippen LogP contribution in [0.4, 0.5) is 22.0 Å². The van der Waals surface area contributed by atoms with Crippen LogP contribution in [0.2, 0.25) is 0 Å². The van der Waals surface area contributed by atoms with Crippen molar-refractivity contribution >= 4 is 20.9 Å². The van der Waals surface area contributed by atoms with E-state index in [4.69, 9.17) is 14.6 Å². The molecule has 3 aromatic rings. The number of aromatic nitrogens is 2. The van der Waals surface area contributed by atoms with Gasteiger partial charge in [0, 0.05) is 35.4 Å². The largest absolute Gasteiger partial charge is 0.493 e. The fourth-order valence-electron chi connectivity index (χ4n) is 4.64. The number of fused-ring (bicyclic) bond motifs is 1. The molecule has 1 fully saturated rings. The summed E-state index contributed by atoms with van der Waals surface area (Å²) in [5.74, 6) is -5.89. The Bertz CT molecular complexity index is 1520. The second-order valence-electron chi connectivity index (χ2n) is 8.61. The highest BCUT2D eigenvalue weighted by Crippen LogP contribution is 2.59. The summed E-state index contributed by atoms with van der Waals surface area (Å²) in [6, 6.07) is 3.97. The van der Waals surface area contributed by atoms with Crippen molar-refractivity contribution in [1.82, 2.24) is 9.97 Å². The molecule has 0 saturated carbocycles. The third kappa shape index (κ3) is 3.92. The van der Waals surface area contributed by atoms with E-state index >= 15 is 0 Å². The van der Waals surface area contributed by atoms with Crippen molar-refractivity contribution < 1.29 is 39.8 Å². The molecule has 0 spiro atoms. The van der Waals surface area contributed by atoms with Crippen molar-refractivity contribution in [3.8, 4) is 5.75 Å². The van der Waals surface area contributed by atoms with E-state index in [0.29, 0.717) is 0 Å². The van der Waals surface area contributed by atoms with Crippen LogP contribution in [0.15, 0.2) is 40.3 Å². The van der Waals surface area contributed by atoms with Gasteiger partial charge in [0.2, 0.25) is 5.82 Å². The van der Waals surface area contributed by atoms with E-state index in [2.05, 4.69) is 9.97 Å². The minimum atomic E-state index is -4.88. The maximum absolute atomic E-state index is 14.5. The molecule has 2 aromatic heterocycles. The predicted molar refractivity (Wildman–Crippen MR) is 117 cm³/mol. The summed E-state index contributed by atoms with van der Waals surface area (Å²) in [5.41, 5.74) is -4.00. The van der Waals surface area contributed by atoms with Crippen LogP contribution in [0.1, 0.15) is 37.1 Å². The number of H-pyrrole nitrogens is 1. The third-order valence-corrected chi connectivity index (χ3v) is 7.46. The number of nitrogens with one attached hydrogen (secondary N) is 1. The summed E-state index contributed by atoms with van der Waals surface area (Å²) in [4.78, 5) is 19.3. The number of rotatable bonds is 4. The highest BCUT2D eigenvalue weighted by atomic mass is 32.2. The van der Waals surface area contributed by atoms with Crippen LogP contribution in [0.3, 0.4) is 0 Å². The molecule has 1 aliphatic rings. The Morgan fingerprint density at radius 2 is 1.89 bits per heavy atom. The molecule has 0 bridgehead atoms. The van der Waals surface area contributed by atoms with E-state index in [1.54, 1.807) is 0 Å². The Morgan fingerprint density at radius 1 is 1.22 bits per heavy atom. The van der Waals surface area contributed by atoms with E-state index in [1.807, 2.05) is 0 Å². The minimum absolute atomic E-state index is 0.0793. The van der Waals surface area contributed by atoms with Crippen molar-refractivity contribution in [3.63, 3.8) is 0 Å². The number of alkyl halides is 3. The normalized spacial score (nSPS) is 24.9. The average molecular weight is 533 g/mol. The lowest BCUT2D eigenvalue weighted by molar-refractivity contribution is -0.275. The standard InChI is InChI=1S/C22H20F5N3O5S/c1-9-15(10-4-5-11(23)17(24)18(10)34-3)19(35-21(9,2)22(25,26)27)13-8-14(31)16-12(30-13)6-7-29-20(16)36(28,32)33/h4-9,15,19H,1-3H3,(H,30,31)(H2,28,32,33)/t9-,15-,19-,21+/m0/s1. The monoisotopic (exact) mass is 533 g/mol. The zero-order valence-electron chi connectivity index (χ0n) is 19.0. The zero-order valence-corrected chi connectivity index (χ0v) is 19.8. The fourth-order valence-corrected chi connectivity index (χ4v) is 5.34. The Morgan fingerprint density at radius 3 is 2.47 bits per heavy atom. The SMILES string of the molecule is COc1c([C@H]2[C@H](c3cc(=O)c4c(S(N)(=O)=O)nccc4[nH]3)O[C@@](C)(C(F)(F)F)[C@H]2C)ccc(F)c1F. The molecule has 8 nitrogen and oxygen atoms in total.